The molecular formula is C9H19NO2. The second-order valence-corrected chi connectivity index (χ2v) is 3.18. The summed E-state index contributed by atoms with van der Waals surface area (Å²) in [6.45, 7) is 6.86. The Labute approximate surface area is 74.3 Å². The Bertz CT molecular complexity index is 136. The molecule has 2 N–H and O–H groups in total. The third-order valence-corrected chi connectivity index (χ3v) is 2.41. The van der Waals surface area contributed by atoms with Gasteiger partial charge in [0.15, 0.2) is 0 Å². The largest absolute Gasteiger partial charge is 0.449 e. The maximum Gasteiger partial charge on any atom is 0.404 e. The van der Waals surface area contributed by atoms with Crippen LogP contribution >= 0.6 is 0 Å². The lowest BCUT2D eigenvalue weighted by Crippen LogP contribution is -2.22. The van der Waals surface area contributed by atoms with Crippen LogP contribution in [0.3, 0.4) is 0 Å². The first-order valence-electron chi connectivity index (χ1n) is 4.54. The second-order valence-electron chi connectivity index (χ2n) is 3.18. The first kappa shape index (κ1) is 11.3. The number of carbonyl (C=O) groups is 1. The van der Waals surface area contributed by atoms with Crippen molar-refractivity contribution in [3.8, 4) is 0 Å². The molecule has 1 amide bonds. The zero-order chi connectivity index (χ0) is 9.56. The van der Waals surface area contributed by atoms with E-state index in [0.29, 0.717) is 18.4 Å². The summed E-state index contributed by atoms with van der Waals surface area (Å²) in [6.07, 6.45) is 1.47. The fraction of sp³-hybridized carbons (Fsp3) is 0.889. The van der Waals surface area contributed by atoms with Gasteiger partial charge >= 0.3 is 6.09 Å². The molecule has 0 aromatic carbocycles. The molecular weight excluding hydrogens is 154 g/mol. The summed E-state index contributed by atoms with van der Waals surface area (Å²) in [5.41, 5.74) is 4.88. The van der Waals surface area contributed by atoms with Gasteiger partial charge in [0.1, 0.15) is 0 Å². The highest BCUT2D eigenvalue weighted by atomic mass is 16.5. The van der Waals surface area contributed by atoms with Crippen molar-refractivity contribution in [1.29, 1.82) is 0 Å². The molecule has 0 aromatic rings. The lowest BCUT2D eigenvalue weighted by molar-refractivity contribution is 0.118. The van der Waals surface area contributed by atoms with Gasteiger partial charge < -0.3 is 10.5 Å². The van der Waals surface area contributed by atoms with Crippen molar-refractivity contribution < 1.29 is 9.53 Å². The number of amides is 1. The van der Waals surface area contributed by atoms with Crippen LogP contribution in [0.15, 0.2) is 0 Å². The topological polar surface area (TPSA) is 52.3 Å². The van der Waals surface area contributed by atoms with Gasteiger partial charge in [-0.15, -0.1) is 0 Å². The molecule has 0 rings (SSSR count). The molecule has 0 heterocycles. The quantitative estimate of drug-likeness (QED) is 0.692. The normalized spacial score (nSPS) is 15.2. The second kappa shape index (κ2) is 5.86. The SMILES string of the molecule is CCC(C)C(CC)COC(N)=O. The standard InChI is InChI=1S/C9H19NO2/c1-4-7(3)8(5-2)6-12-9(10)11/h7-8H,4-6H2,1-3H3,(H2,10,11). The van der Waals surface area contributed by atoms with Crippen molar-refractivity contribution in [2.75, 3.05) is 6.61 Å². The molecule has 0 aromatic heterocycles. The Balaban J connectivity index is 3.74. The van der Waals surface area contributed by atoms with Crippen LogP contribution in [0.1, 0.15) is 33.6 Å². The highest BCUT2D eigenvalue weighted by molar-refractivity contribution is 5.64. The van der Waals surface area contributed by atoms with Gasteiger partial charge in [0.25, 0.3) is 0 Å². The van der Waals surface area contributed by atoms with Crippen molar-refractivity contribution in [1.82, 2.24) is 0 Å². The molecule has 0 aliphatic rings. The van der Waals surface area contributed by atoms with Gasteiger partial charge in [-0.25, -0.2) is 4.79 Å². The maximum absolute atomic E-state index is 10.3. The highest BCUT2D eigenvalue weighted by Gasteiger charge is 2.14. The summed E-state index contributed by atoms with van der Waals surface area (Å²) in [4.78, 5) is 10.3. The van der Waals surface area contributed by atoms with Crippen molar-refractivity contribution in [3.05, 3.63) is 0 Å². The summed E-state index contributed by atoms with van der Waals surface area (Å²) in [7, 11) is 0. The van der Waals surface area contributed by atoms with E-state index in [1.165, 1.54) is 0 Å². The van der Waals surface area contributed by atoms with Crippen LogP contribution in [0, 0.1) is 11.8 Å². The van der Waals surface area contributed by atoms with Crippen LogP contribution < -0.4 is 5.73 Å². The van der Waals surface area contributed by atoms with E-state index in [-0.39, 0.29) is 0 Å². The first-order chi connectivity index (χ1) is 5.61. The predicted octanol–water partition coefficient (Wildman–Crippen LogP) is 2.15. The van der Waals surface area contributed by atoms with Gasteiger partial charge in [-0.05, 0) is 18.3 Å². The Morgan fingerprint density at radius 3 is 2.33 bits per heavy atom. The number of hydrogen-bond donors (Lipinski definition) is 1. The molecule has 3 nitrogen and oxygen atoms in total. The number of rotatable bonds is 5. The number of ether oxygens (including phenoxy) is 1. The van der Waals surface area contributed by atoms with E-state index < -0.39 is 6.09 Å². The summed E-state index contributed by atoms with van der Waals surface area (Å²) >= 11 is 0. The van der Waals surface area contributed by atoms with Gasteiger partial charge in [-0.1, -0.05) is 27.2 Å². The van der Waals surface area contributed by atoms with Crippen LogP contribution in [0.25, 0.3) is 0 Å². The van der Waals surface area contributed by atoms with Crippen molar-refractivity contribution in [3.63, 3.8) is 0 Å². The molecule has 72 valence electrons. The Hall–Kier alpha value is -0.730. The monoisotopic (exact) mass is 173 g/mol. The minimum Gasteiger partial charge on any atom is -0.449 e. The maximum atomic E-state index is 10.3. The van der Waals surface area contributed by atoms with Crippen LogP contribution in [-0.4, -0.2) is 12.7 Å². The van der Waals surface area contributed by atoms with E-state index in [1.54, 1.807) is 0 Å². The van der Waals surface area contributed by atoms with E-state index in [0.717, 1.165) is 12.8 Å². The van der Waals surface area contributed by atoms with E-state index in [4.69, 9.17) is 10.5 Å². The molecule has 0 saturated heterocycles. The first-order valence-corrected chi connectivity index (χ1v) is 4.54. The molecule has 2 unspecified atom stereocenters. The minimum atomic E-state index is -0.670. The number of hydrogen-bond acceptors (Lipinski definition) is 2. The Morgan fingerprint density at radius 1 is 1.42 bits per heavy atom. The van der Waals surface area contributed by atoms with Gasteiger partial charge in [0, 0.05) is 0 Å². The molecule has 2 atom stereocenters. The summed E-state index contributed by atoms with van der Waals surface area (Å²) < 4.78 is 4.76. The predicted molar refractivity (Wildman–Crippen MR) is 48.8 cm³/mol. The van der Waals surface area contributed by atoms with Crippen molar-refractivity contribution >= 4 is 6.09 Å². The van der Waals surface area contributed by atoms with Gasteiger partial charge in [-0.2, -0.15) is 0 Å². The summed E-state index contributed by atoms with van der Waals surface area (Å²) in [6, 6.07) is 0. The fourth-order valence-corrected chi connectivity index (χ4v) is 1.21. The van der Waals surface area contributed by atoms with Crippen LogP contribution in [0.2, 0.25) is 0 Å². The van der Waals surface area contributed by atoms with E-state index >= 15 is 0 Å². The van der Waals surface area contributed by atoms with E-state index in [9.17, 15) is 4.79 Å². The summed E-state index contributed by atoms with van der Waals surface area (Å²) in [5.74, 6) is 1.04. The zero-order valence-corrected chi connectivity index (χ0v) is 8.17. The van der Waals surface area contributed by atoms with Gasteiger partial charge in [0.2, 0.25) is 0 Å². The van der Waals surface area contributed by atoms with Crippen LogP contribution in [-0.2, 0) is 4.74 Å². The Kier molecular flexibility index (Phi) is 5.51. The van der Waals surface area contributed by atoms with Crippen LogP contribution in [0.4, 0.5) is 4.79 Å². The zero-order valence-electron chi connectivity index (χ0n) is 8.17. The third-order valence-electron chi connectivity index (χ3n) is 2.41. The molecule has 0 bridgehead atoms. The molecule has 0 aliphatic carbocycles. The average molecular weight is 173 g/mol. The highest BCUT2D eigenvalue weighted by Crippen LogP contribution is 2.18. The average Bonchev–Trinajstić information content (AvgIpc) is 2.04. The van der Waals surface area contributed by atoms with E-state index in [1.807, 2.05) is 0 Å². The van der Waals surface area contributed by atoms with Crippen LogP contribution in [0.5, 0.6) is 0 Å². The molecule has 0 fully saturated rings. The Morgan fingerprint density at radius 2 is 2.00 bits per heavy atom. The number of primary amides is 1. The molecule has 0 saturated carbocycles. The van der Waals surface area contributed by atoms with Crippen molar-refractivity contribution in [2.24, 2.45) is 17.6 Å². The molecule has 0 radical (unpaired) electrons. The molecule has 3 heteroatoms. The molecule has 0 aliphatic heterocycles. The number of nitrogens with two attached hydrogens (primary N) is 1. The van der Waals surface area contributed by atoms with Crippen molar-refractivity contribution in [2.45, 2.75) is 33.6 Å². The molecule has 0 spiro atoms. The lowest BCUT2D eigenvalue weighted by atomic mass is 9.90. The fourth-order valence-electron chi connectivity index (χ4n) is 1.21. The summed E-state index contributed by atoms with van der Waals surface area (Å²) in [5, 5.41) is 0. The smallest absolute Gasteiger partial charge is 0.404 e. The third kappa shape index (κ3) is 4.21. The van der Waals surface area contributed by atoms with Gasteiger partial charge in [-0.3, -0.25) is 0 Å². The number of carbonyl (C=O) groups excluding carboxylic acids is 1. The minimum absolute atomic E-state index is 0.447. The van der Waals surface area contributed by atoms with E-state index in [2.05, 4.69) is 20.8 Å². The molecule has 12 heavy (non-hydrogen) atoms. The lowest BCUT2D eigenvalue weighted by Gasteiger charge is -2.20. The van der Waals surface area contributed by atoms with Gasteiger partial charge in [0.05, 0.1) is 6.61 Å².